The molecule has 0 spiro atoms. The van der Waals surface area contributed by atoms with Gasteiger partial charge in [-0.1, -0.05) is 48.5 Å². The summed E-state index contributed by atoms with van der Waals surface area (Å²) in [7, 11) is -19.6. The molecule has 96 heavy (non-hydrogen) atoms. The van der Waals surface area contributed by atoms with Crippen LogP contribution in [-0.4, -0.2) is 87.1 Å². The smallest absolute Gasteiger partial charge is 0.296 e. The lowest BCUT2D eigenvalue weighted by molar-refractivity contribution is 0.101. The predicted molar refractivity (Wildman–Crippen MR) is 359 cm³/mol. The molecule has 0 atom stereocenters. The zero-order chi connectivity index (χ0) is 69.3. The van der Waals surface area contributed by atoms with Gasteiger partial charge in [0.2, 0.25) is 0 Å². The van der Waals surface area contributed by atoms with E-state index in [0.717, 1.165) is 58.7 Å². The number of nitrogens with zero attached hydrogens (tertiary/aromatic N) is 4. The zero-order valence-corrected chi connectivity index (χ0v) is 54.7. The van der Waals surface area contributed by atoms with Crippen LogP contribution in [0.25, 0.3) is 21.5 Å². The van der Waals surface area contributed by atoms with Gasteiger partial charge in [0.15, 0.2) is 0 Å². The van der Waals surface area contributed by atoms with Crippen molar-refractivity contribution in [1.29, 1.82) is 0 Å². The van der Waals surface area contributed by atoms with Crippen molar-refractivity contribution in [3.05, 3.63) is 202 Å². The number of aromatic hydroxyl groups is 2. The molecule has 0 aliphatic rings. The Bertz CT molecular complexity index is 5010. The highest BCUT2D eigenvalue weighted by Gasteiger charge is 2.25. The molecule has 0 radical (unpaired) electrons. The van der Waals surface area contributed by atoms with Crippen LogP contribution < -0.4 is 30.7 Å². The third-order valence-corrected chi connectivity index (χ3v) is 18.6. The number of aryl methyl sites for hydroxylation is 6. The third-order valence-electron chi connectivity index (χ3n) is 15.2. The molecule has 26 nitrogen and oxygen atoms in total. The lowest BCUT2D eigenvalue weighted by Crippen LogP contribution is -2.14. The SMILES string of the molecule is Cc1cc(N=Nc2c(Nc3c(C)cccc3C)ccc3cc(S(=O)(=O)O)cc(O)c23)c(S(=O)(=O)O)cc1NC(=O)c1ccc(OCCOc2ccc(C(=O)Nc3cc(S(=O)(=O)O)c(N=Nc4c(Nc5c(C)cccc5C)ccc5cc(S(=O)(=O)O)cc(O)c45)cc3C)cc2)cc1. The van der Waals surface area contributed by atoms with E-state index < -0.39 is 83.4 Å². The Morgan fingerprint density at radius 2 is 0.740 bits per heavy atom. The average molecular weight is 1380 g/mol. The first kappa shape index (κ1) is 68.2. The van der Waals surface area contributed by atoms with Crippen LogP contribution in [-0.2, 0) is 40.5 Å². The molecular weight excluding hydrogens is 1320 g/mol. The number of anilines is 6. The van der Waals surface area contributed by atoms with Crippen LogP contribution in [0.3, 0.4) is 0 Å². The highest BCUT2D eigenvalue weighted by Crippen LogP contribution is 2.46. The fourth-order valence-electron chi connectivity index (χ4n) is 10.3. The van der Waals surface area contributed by atoms with Crippen molar-refractivity contribution in [1.82, 2.24) is 0 Å². The zero-order valence-electron chi connectivity index (χ0n) is 51.4. The van der Waals surface area contributed by atoms with E-state index in [1.54, 1.807) is 0 Å². The number of ether oxygens (including phenoxy) is 2. The summed E-state index contributed by atoms with van der Waals surface area (Å²) in [5.74, 6) is -1.87. The Labute approximate surface area is 550 Å². The molecule has 494 valence electrons. The lowest BCUT2D eigenvalue weighted by atomic mass is 10.0. The Hall–Kier alpha value is -10.7. The van der Waals surface area contributed by atoms with E-state index in [2.05, 4.69) is 41.7 Å². The molecule has 10 N–H and O–H groups in total. The van der Waals surface area contributed by atoms with Gasteiger partial charge in [0.05, 0.1) is 31.9 Å². The van der Waals surface area contributed by atoms with Crippen molar-refractivity contribution in [3.63, 3.8) is 0 Å². The second-order valence-corrected chi connectivity index (χ2v) is 27.6. The number of azo groups is 2. The molecule has 10 rings (SSSR count). The molecule has 0 saturated heterocycles. The van der Waals surface area contributed by atoms with Gasteiger partial charge in [0.1, 0.15) is 68.8 Å². The van der Waals surface area contributed by atoms with Gasteiger partial charge < -0.3 is 41.0 Å². The van der Waals surface area contributed by atoms with Gasteiger partial charge in [-0.2, -0.15) is 33.7 Å². The second-order valence-electron chi connectivity index (χ2n) is 22.0. The van der Waals surface area contributed by atoms with Crippen molar-refractivity contribution >= 4 is 131 Å². The first-order valence-electron chi connectivity index (χ1n) is 28.6. The molecule has 10 aromatic carbocycles. The summed E-state index contributed by atoms with van der Waals surface area (Å²) >= 11 is 0. The maximum atomic E-state index is 13.6. The summed E-state index contributed by atoms with van der Waals surface area (Å²) in [6, 6.07) is 37.3. The van der Waals surface area contributed by atoms with Crippen LogP contribution in [0.5, 0.6) is 23.0 Å². The summed E-state index contributed by atoms with van der Waals surface area (Å²) < 4.78 is 152. The van der Waals surface area contributed by atoms with E-state index >= 15 is 0 Å². The Balaban J connectivity index is 0.781. The van der Waals surface area contributed by atoms with Crippen molar-refractivity contribution < 1.29 is 81.2 Å². The number of rotatable bonds is 21. The van der Waals surface area contributed by atoms with Crippen LogP contribution in [0.1, 0.15) is 54.1 Å². The van der Waals surface area contributed by atoms with E-state index in [1.807, 2.05) is 64.1 Å². The molecule has 0 saturated carbocycles. The fraction of sp³-hybridized carbons (Fsp3) is 0.121. The van der Waals surface area contributed by atoms with Crippen LogP contribution >= 0.6 is 0 Å². The Morgan fingerprint density at radius 3 is 1.06 bits per heavy atom. The number of phenolic OH excluding ortho intramolecular Hbond substituents is 2. The van der Waals surface area contributed by atoms with Crippen molar-refractivity contribution in [3.8, 4) is 23.0 Å². The average Bonchev–Trinajstić information content (AvgIpc) is 0.772. The number of fused-ring (bicyclic) bond motifs is 2. The minimum Gasteiger partial charge on any atom is -0.507 e. The number of phenols is 2. The summed E-state index contributed by atoms with van der Waals surface area (Å²) in [4.78, 5) is 24.4. The second kappa shape index (κ2) is 27.0. The normalized spacial score (nSPS) is 12.1. The van der Waals surface area contributed by atoms with Gasteiger partial charge in [0, 0.05) is 46.0 Å². The van der Waals surface area contributed by atoms with E-state index in [4.69, 9.17) is 9.47 Å². The Morgan fingerprint density at radius 1 is 0.396 bits per heavy atom. The van der Waals surface area contributed by atoms with Crippen molar-refractivity contribution in [2.75, 3.05) is 34.5 Å². The number of hydrogen-bond acceptors (Lipinski definition) is 20. The summed E-state index contributed by atoms with van der Waals surface area (Å²) in [5, 5.41) is 51.4. The molecule has 0 bridgehead atoms. The maximum Gasteiger partial charge on any atom is 0.296 e. The quantitative estimate of drug-likeness (QED) is 0.0181. The van der Waals surface area contributed by atoms with Gasteiger partial charge >= 0.3 is 0 Å². The summed E-state index contributed by atoms with van der Waals surface area (Å²) in [6.45, 7) is 10.5. The van der Waals surface area contributed by atoms with E-state index in [0.29, 0.717) is 22.9 Å². The maximum absolute atomic E-state index is 13.6. The number of para-hydroxylation sites is 2. The molecule has 0 fully saturated rings. The van der Waals surface area contributed by atoms with Gasteiger partial charge in [0.25, 0.3) is 52.3 Å². The largest absolute Gasteiger partial charge is 0.507 e. The van der Waals surface area contributed by atoms with Crippen molar-refractivity contribution in [2.24, 2.45) is 20.5 Å². The highest BCUT2D eigenvalue weighted by molar-refractivity contribution is 7.86. The fourth-order valence-corrected chi connectivity index (χ4v) is 12.6. The van der Waals surface area contributed by atoms with Crippen LogP contribution in [0.4, 0.5) is 56.9 Å². The first-order chi connectivity index (χ1) is 45.2. The van der Waals surface area contributed by atoms with Crippen LogP contribution in [0.2, 0.25) is 0 Å². The minimum atomic E-state index is -5.05. The van der Waals surface area contributed by atoms with Crippen LogP contribution in [0.15, 0.2) is 198 Å². The third kappa shape index (κ3) is 15.3. The number of benzene rings is 10. The van der Waals surface area contributed by atoms with Gasteiger partial charge in [-0.3, -0.25) is 27.8 Å². The van der Waals surface area contributed by atoms with E-state index in [1.165, 1.54) is 98.8 Å². The number of hydrogen-bond donors (Lipinski definition) is 10. The van der Waals surface area contributed by atoms with Gasteiger partial charge in [-0.15, -0.1) is 20.5 Å². The van der Waals surface area contributed by atoms with Crippen LogP contribution in [0, 0.1) is 41.5 Å². The monoisotopic (exact) mass is 1380 g/mol. The molecule has 0 aliphatic heterocycles. The topological polar surface area (TPSA) is 408 Å². The molecule has 30 heteroatoms. The van der Waals surface area contributed by atoms with E-state index in [9.17, 15) is 71.7 Å². The van der Waals surface area contributed by atoms with Gasteiger partial charge in [-0.25, -0.2) is 0 Å². The highest BCUT2D eigenvalue weighted by atomic mass is 32.2. The Kier molecular flexibility index (Phi) is 19.1. The molecule has 0 heterocycles. The molecular formula is C66H58N8O18S4. The first-order valence-corrected chi connectivity index (χ1v) is 34.3. The number of amides is 2. The number of carbonyl (C=O) groups excluding carboxylic acids is 2. The number of carbonyl (C=O) groups is 2. The molecule has 2 amide bonds. The molecule has 10 aromatic rings. The van der Waals surface area contributed by atoms with Crippen molar-refractivity contribution in [2.45, 2.75) is 61.1 Å². The molecule has 0 aliphatic carbocycles. The summed E-state index contributed by atoms with van der Waals surface area (Å²) in [5.41, 5.74) is 5.10. The molecule has 0 aromatic heterocycles. The van der Waals surface area contributed by atoms with E-state index in [-0.39, 0.29) is 103 Å². The number of nitrogens with one attached hydrogen (secondary N) is 4. The van der Waals surface area contributed by atoms with Gasteiger partial charge in [-0.05, 0) is 183 Å². The predicted octanol–water partition coefficient (Wildman–Crippen LogP) is 14.5. The summed E-state index contributed by atoms with van der Waals surface area (Å²) in [6.07, 6.45) is 0. The lowest BCUT2D eigenvalue weighted by Gasteiger charge is -2.16. The standard InChI is InChI=1S/C66H58N8O18S4/c1-35-9-7-10-36(2)61(35)67-49-23-17-43-29-47(93(79,80)81)31-55(75)59(43)63(49)73-71-53-27-39(5)51(33-57(53)95(85,86)87)69-65(77)41-13-19-45(20-14-41)91-25-26-92-46-21-15-42(16-22-46)66(78)70-52-34-58(96(88,89)90)54(28-40(52)6)72-74-64-50(68-62-37(3)11-8-12-38(62)4)24-18-44-30-48(94(82,83)84)32-56(76)60(44)64/h7-24,27-34,67-68,75-76H,25-26H2,1-6H3,(H,69,77)(H,70,78)(H,79,80,81)(H,82,83,84)(H,85,86,87)(H,88,89,90). The minimum absolute atomic E-state index is 0.0163. The molecule has 0 unspecified atom stereocenters.